The summed E-state index contributed by atoms with van der Waals surface area (Å²) in [5, 5.41) is 2.95. The zero-order chi connectivity index (χ0) is 17.5. The van der Waals surface area contributed by atoms with Crippen molar-refractivity contribution in [2.24, 2.45) is 0 Å². The van der Waals surface area contributed by atoms with E-state index in [1.54, 1.807) is 18.0 Å². The van der Waals surface area contributed by atoms with E-state index in [0.29, 0.717) is 13.0 Å². The first-order valence-corrected chi connectivity index (χ1v) is 10.4. The Bertz CT molecular complexity index is 727. The topological polar surface area (TPSA) is 46.2 Å². The third kappa shape index (κ3) is 5.80. The molecule has 2 aromatic carbocycles. The lowest BCUT2D eigenvalue weighted by atomic mass is 10.1. The first-order valence-electron chi connectivity index (χ1n) is 7.85. The third-order valence-corrected chi connectivity index (χ3v) is 5.72. The molecule has 2 aromatic rings. The summed E-state index contributed by atoms with van der Waals surface area (Å²) >= 11 is 1.75. The van der Waals surface area contributed by atoms with Gasteiger partial charge in [0, 0.05) is 39.1 Å². The van der Waals surface area contributed by atoms with Crippen molar-refractivity contribution in [1.29, 1.82) is 0 Å². The van der Waals surface area contributed by atoms with Crippen molar-refractivity contribution in [2.75, 3.05) is 18.6 Å². The Morgan fingerprint density at radius 3 is 2.42 bits per heavy atom. The summed E-state index contributed by atoms with van der Waals surface area (Å²) in [5.41, 5.74) is 3.52. The largest absolute Gasteiger partial charge is 0.355 e. The first kappa shape index (κ1) is 18.7. The van der Waals surface area contributed by atoms with Gasteiger partial charge in [0.25, 0.3) is 0 Å². The number of rotatable bonds is 7. The van der Waals surface area contributed by atoms with Gasteiger partial charge < -0.3 is 5.32 Å². The van der Waals surface area contributed by atoms with Gasteiger partial charge in [-0.2, -0.15) is 0 Å². The molecule has 5 heteroatoms. The maximum absolute atomic E-state index is 12.0. The summed E-state index contributed by atoms with van der Waals surface area (Å²) in [6.07, 6.45) is 2.00. The Hall–Kier alpha value is -1.59. The fraction of sp³-hybridized carbons (Fsp3) is 0.316. The van der Waals surface area contributed by atoms with E-state index < -0.39 is 10.8 Å². The number of carbonyl (C=O) groups excluding carboxylic acids is 1. The molecule has 0 heterocycles. The highest BCUT2D eigenvalue weighted by Crippen LogP contribution is 2.20. The molecule has 0 aromatic heterocycles. The van der Waals surface area contributed by atoms with Crippen LogP contribution >= 0.6 is 11.8 Å². The molecule has 3 nitrogen and oxygen atoms in total. The van der Waals surface area contributed by atoms with Crippen LogP contribution in [0.2, 0.25) is 0 Å². The maximum atomic E-state index is 12.0. The van der Waals surface area contributed by atoms with Gasteiger partial charge in [-0.05, 0) is 54.8 Å². The number of thioether (sulfide) groups is 1. The number of benzene rings is 2. The van der Waals surface area contributed by atoms with Gasteiger partial charge in [0.15, 0.2) is 0 Å². The summed E-state index contributed by atoms with van der Waals surface area (Å²) in [7, 11) is -0.981. The number of hydrogen-bond acceptors (Lipinski definition) is 3. The second kappa shape index (κ2) is 9.04. The molecular weight excluding hydrogens is 338 g/mol. The minimum Gasteiger partial charge on any atom is -0.355 e. The van der Waals surface area contributed by atoms with Crippen molar-refractivity contribution >= 4 is 28.5 Å². The van der Waals surface area contributed by atoms with E-state index in [-0.39, 0.29) is 5.91 Å². The van der Waals surface area contributed by atoms with Crippen molar-refractivity contribution < 1.29 is 9.00 Å². The molecule has 1 atom stereocenters. The molecule has 0 bridgehead atoms. The van der Waals surface area contributed by atoms with E-state index in [1.165, 1.54) is 16.0 Å². The van der Waals surface area contributed by atoms with Crippen LogP contribution in [0.4, 0.5) is 0 Å². The first-order chi connectivity index (χ1) is 11.5. The Kier molecular flexibility index (Phi) is 7.06. The zero-order valence-electron chi connectivity index (χ0n) is 14.3. The number of nitrogens with one attached hydrogen (secondary N) is 1. The monoisotopic (exact) mass is 361 g/mol. The molecule has 0 aliphatic carbocycles. The second-order valence-electron chi connectivity index (χ2n) is 5.72. The predicted molar refractivity (Wildman–Crippen MR) is 102 cm³/mol. The minimum absolute atomic E-state index is 0.0149. The van der Waals surface area contributed by atoms with Crippen molar-refractivity contribution in [3.8, 4) is 0 Å². The highest BCUT2D eigenvalue weighted by atomic mass is 32.2. The lowest BCUT2D eigenvalue weighted by Gasteiger charge is -2.07. The molecule has 0 aliphatic rings. The second-order valence-corrected chi connectivity index (χ2v) is 8.27. The predicted octanol–water partition coefficient (Wildman–Crippen LogP) is 3.49. The van der Waals surface area contributed by atoms with Crippen LogP contribution < -0.4 is 5.32 Å². The summed E-state index contributed by atoms with van der Waals surface area (Å²) in [6.45, 7) is 4.86. The molecule has 24 heavy (non-hydrogen) atoms. The Balaban J connectivity index is 1.73. The fourth-order valence-corrected chi connectivity index (χ4v) is 3.59. The maximum Gasteiger partial charge on any atom is 0.224 e. The van der Waals surface area contributed by atoms with Gasteiger partial charge in [0.1, 0.15) is 0 Å². The van der Waals surface area contributed by atoms with Gasteiger partial charge in [0.2, 0.25) is 5.91 Å². The van der Waals surface area contributed by atoms with Crippen LogP contribution in [0.3, 0.4) is 0 Å². The van der Waals surface area contributed by atoms with Gasteiger partial charge in [-0.25, -0.2) is 0 Å². The van der Waals surface area contributed by atoms with Gasteiger partial charge in [-0.15, -0.1) is 11.8 Å². The van der Waals surface area contributed by atoms with Crippen molar-refractivity contribution in [3.63, 3.8) is 0 Å². The highest BCUT2D eigenvalue weighted by molar-refractivity contribution is 7.99. The molecule has 1 N–H and O–H groups in total. The average Bonchev–Trinajstić information content (AvgIpc) is 2.55. The average molecular weight is 362 g/mol. The molecule has 0 unspecified atom stereocenters. The minimum atomic E-state index is -0.981. The Labute approximate surface area is 150 Å². The molecule has 0 saturated heterocycles. The normalized spacial score (nSPS) is 12.0. The quantitative estimate of drug-likeness (QED) is 0.606. The van der Waals surface area contributed by atoms with Crippen LogP contribution in [-0.4, -0.2) is 28.7 Å². The SMILES string of the molecule is Cc1ccc(SCCNC(=O)Cc2ccc([S@](C)=O)cc2)cc1C. The van der Waals surface area contributed by atoms with Crippen LogP contribution in [-0.2, 0) is 22.0 Å². The van der Waals surface area contributed by atoms with Gasteiger partial charge in [0.05, 0.1) is 6.42 Å². The molecule has 2 rings (SSSR count). The zero-order valence-corrected chi connectivity index (χ0v) is 15.9. The number of hydrogen-bond donors (Lipinski definition) is 1. The molecule has 0 saturated carbocycles. The summed E-state index contributed by atoms with van der Waals surface area (Å²) in [6, 6.07) is 13.8. The van der Waals surface area contributed by atoms with Crippen molar-refractivity contribution in [2.45, 2.75) is 30.1 Å². The molecule has 0 radical (unpaired) electrons. The number of amides is 1. The van der Waals surface area contributed by atoms with Gasteiger partial charge in [-0.3, -0.25) is 9.00 Å². The van der Waals surface area contributed by atoms with E-state index in [1.807, 2.05) is 24.3 Å². The number of carbonyl (C=O) groups is 1. The third-order valence-electron chi connectivity index (χ3n) is 3.79. The van der Waals surface area contributed by atoms with Gasteiger partial charge >= 0.3 is 0 Å². The van der Waals surface area contributed by atoms with Crippen LogP contribution in [0.1, 0.15) is 16.7 Å². The van der Waals surface area contributed by atoms with E-state index in [2.05, 4.69) is 37.4 Å². The van der Waals surface area contributed by atoms with Crippen molar-refractivity contribution in [1.82, 2.24) is 5.32 Å². The molecule has 0 fully saturated rings. The van der Waals surface area contributed by atoms with E-state index in [9.17, 15) is 9.00 Å². The molecular formula is C19H23NO2S2. The summed E-state index contributed by atoms with van der Waals surface area (Å²) in [5.74, 6) is 0.864. The molecule has 128 valence electrons. The van der Waals surface area contributed by atoms with E-state index >= 15 is 0 Å². The lowest BCUT2D eigenvalue weighted by Crippen LogP contribution is -2.27. The fourth-order valence-electron chi connectivity index (χ4n) is 2.21. The van der Waals surface area contributed by atoms with Crippen LogP contribution in [0.25, 0.3) is 0 Å². The van der Waals surface area contributed by atoms with E-state index in [4.69, 9.17) is 0 Å². The summed E-state index contributed by atoms with van der Waals surface area (Å²) in [4.78, 5) is 14.0. The van der Waals surface area contributed by atoms with Crippen LogP contribution in [0.15, 0.2) is 52.3 Å². The summed E-state index contributed by atoms with van der Waals surface area (Å²) < 4.78 is 11.3. The smallest absolute Gasteiger partial charge is 0.224 e. The van der Waals surface area contributed by atoms with E-state index in [0.717, 1.165) is 16.2 Å². The number of aryl methyl sites for hydroxylation is 2. The molecule has 0 spiro atoms. The lowest BCUT2D eigenvalue weighted by molar-refractivity contribution is -0.120. The van der Waals surface area contributed by atoms with Crippen molar-refractivity contribution in [3.05, 3.63) is 59.2 Å². The van der Waals surface area contributed by atoms with Crippen LogP contribution in [0, 0.1) is 13.8 Å². The van der Waals surface area contributed by atoms with Crippen LogP contribution in [0.5, 0.6) is 0 Å². The molecule has 0 aliphatic heterocycles. The Morgan fingerprint density at radius 1 is 1.08 bits per heavy atom. The highest BCUT2D eigenvalue weighted by Gasteiger charge is 2.04. The molecule has 1 amide bonds. The Morgan fingerprint density at radius 2 is 1.79 bits per heavy atom. The standard InChI is InChI=1S/C19H23NO2S2/c1-14-4-7-17(12-15(14)2)23-11-10-20-19(21)13-16-5-8-18(9-6-16)24(3)22/h4-9,12H,10-11,13H2,1-3H3,(H,20,21)/t24-/m0/s1. The van der Waals surface area contributed by atoms with Gasteiger partial charge in [-0.1, -0.05) is 18.2 Å².